The number of benzene rings is 6. The molecule has 17 nitrogen and oxygen atoms in total. The van der Waals surface area contributed by atoms with Crippen LogP contribution in [0.1, 0.15) is 126 Å². The maximum Gasteiger partial charge on any atom is 0.410 e. The summed E-state index contributed by atoms with van der Waals surface area (Å²) in [5, 5.41) is 27.8. The number of carbonyl (C=O) groups is 6. The van der Waals surface area contributed by atoms with E-state index in [1.807, 2.05) is 112 Å². The van der Waals surface area contributed by atoms with Crippen LogP contribution in [0.4, 0.5) is 21.0 Å². The molecule has 0 radical (unpaired) electrons. The van der Waals surface area contributed by atoms with Gasteiger partial charge in [-0.3, -0.25) is 19.6 Å². The second-order valence-electron chi connectivity index (χ2n) is 22.8. The summed E-state index contributed by atoms with van der Waals surface area (Å²) >= 11 is 0. The number of carboxylic acids is 1. The number of amides is 4. The fourth-order valence-corrected chi connectivity index (χ4v) is 8.86. The first-order chi connectivity index (χ1) is 40.2. The number of aryl methyl sites for hydroxylation is 4. The molecule has 452 valence electrons. The third kappa shape index (κ3) is 20.1. The van der Waals surface area contributed by atoms with E-state index in [0.29, 0.717) is 28.1 Å². The molecule has 2 aromatic heterocycles. The Hall–Kier alpha value is -9.48. The predicted molar refractivity (Wildman–Crippen MR) is 337 cm³/mol. The Morgan fingerprint density at radius 3 is 1.31 bits per heavy atom. The van der Waals surface area contributed by atoms with E-state index in [2.05, 4.69) is 20.6 Å². The smallest absolute Gasteiger partial charge is 0.410 e. The number of fused-ring (bicyclic) bond motifs is 2. The highest BCUT2D eigenvalue weighted by Crippen LogP contribution is 2.27. The van der Waals surface area contributed by atoms with Crippen LogP contribution in [-0.2, 0) is 37.0 Å². The monoisotopic (exact) mass is 1170 g/mol. The van der Waals surface area contributed by atoms with Gasteiger partial charge in [0.1, 0.15) is 17.8 Å². The summed E-state index contributed by atoms with van der Waals surface area (Å²) in [6, 6.07) is 40.3. The predicted octanol–water partition coefficient (Wildman–Crippen LogP) is 13.8. The number of nitrogens with zero attached hydrogens (tertiary/aromatic N) is 4. The van der Waals surface area contributed by atoms with Crippen LogP contribution < -0.4 is 10.6 Å². The van der Waals surface area contributed by atoms with Gasteiger partial charge in [-0.25, -0.2) is 19.2 Å². The lowest BCUT2D eigenvalue weighted by atomic mass is 9.96. The molecule has 2 atom stereocenters. The molecule has 0 fully saturated rings. The van der Waals surface area contributed by atoms with Crippen molar-refractivity contribution in [2.75, 3.05) is 37.8 Å². The summed E-state index contributed by atoms with van der Waals surface area (Å²) in [6.45, 7) is 18.6. The van der Waals surface area contributed by atoms with Gasteiger partial charge in [-0.2, -0.15) is 0 Å². The van der Waals surface area contributed by atoms with Crippen LogP contribution in [0, 0.1) is 27.7 Å². The SMILES string of the molecule is C.CN(CC(C(=O)Nc1ccc2cnccc2c1)c1ccc(CO)cc1)C(=O)OC(C)(C)C.Cc1ccc(C(=O)O)c(C)c1.Cc1ccc(C(=O)OCc2ccc(C(CN(C)C(=O)OC(C)(C)C)C(=O)Nc3ccc4cnccc4c3)cc2)c(C)c1. The number of esters is 1. The van der Waals surface area contributed by atoms with Gasteiger partial charge in [0, 0.05) is 74.1 Å². The molecular weight excluding hydrogens is 1090 g/mol. The lowest BCUT2D eigenvalue weighted by molar-refractivity contribution is -0.118. The van der Waals surface area contributed by atoms with Crippen molar-refractivity contribution < 1.29 is 53.2 Å². The fourth-order valence-electron chi connectivity index (χ4n) is 8.86. The van der Waals surface area contributed by atoms with Gasteiger partial charge in [0.05, 0.1) is 29.6 Å². The van der Waals surface area contributed by atoms with Crippen LogP contribution in [-0.4, -0.2) is 104 Å². The van der Waals surface area contributed by atoms with E-state index in [9.17, 15) is 33.9 Å². The zero-order valence-corrected chi connectivity index (χ0v) is 50.4. The minimum Gasteiger partial charge on any atom is -0.478 e. The molecule has 0 aliphatic rings. The third-order valence-electron chi connectivity index (χ3n) is 13.3. The normalized spacial score (nSPS) is 11.6. The van der Waals surface area contributed by atoms with E-state index in [1.165, 1.54) is 9.80 Å². The summed E-state index contributed by atoms with van der Waals surface area (Å²) in [6.07, 6.45) is 5.92. The summed E-state index contributed by atoms with van der Waals surface area (Å²) in [4.78, 5) is 86.4. The van der Waals surface area contributed by atoms with Gasteiger partial charge in [0.25, 0.3) is 0 Å². The molecule has 6 aromatic carbocycles. The van der Waals surface area contributed by atoms with E-state index < -0.39 is 41.2 Å². The van der Waals surface area contributed by atoms with Crippen molar-refractivity contribution in [3.05, 3.63) is 214 Å². The average Bonchev–Trinajstić information content (AvgIpc) is 2.78. The van der Waals surface area contributed by atoms with Gasteiger partial charge >= 0.3 is 24.1 Å². The number of aliphatic hydroxyl groups excluding tert-OH is 1. The molecule has 8 rings (SSSR count). The van der Waals surface area contributed by atoms with Crippen molar-refractivity contribution in [3.63, 3.8) is 0 Å². The van der Waals surface area contributed by atoms with Crippen LogP contribution in [0.25, 0.3) is 21.5 Å². The molecule has 4 amide bonds. The second-order valence-corrected chi connectivity index (χ2v) is 22.8. The van der Waals surface area contributed by atoms with E-state index in [4.69, 9.17) is 19.3 Å². The van der Waals surface area contributed by atoms with E-state index in [0.717, 1.165) is 60.5 Å². The summed E-state index contributed by atoms with van der Waals surface area (Å²) in [5.41, 5.74) is 7.72. The number of hydrogen-bond donors (Lipinski definition) is 4. The van der Waals surface area contributed by atoms with Crippen molar-refractivity contribution in [1.29, 1.82) is 0 Å². The molecule has 0 aliphatic carbocycles. The number of carbonyl (C=O) groups excluding carboxylic acids is 5. The standard InChI is InChI=1S/C34H37N3O5.C25H29N3O4.C9H10O2.CH4/c1-22-7-14-29(23(2)17-22)32(39)41-21-24-8-10-25(11-9-24)30(20-37(6)33(40)42-34(3,4)5)31(38)36-28-13-12-27-19-35-16-15-26(27)18-28;1-25(2,3)32-24(31)28(4)15-22(18-7-5-17(16-29)6-8-18)23(30)27-21-10-9-20-14-26-12-11-19(20)13-21;1-6-3-4-8(9(10)11)7(2)5-6;/h7-19,30H,20-21H2,1-6H3,(H,36,38);5-14,22,29H,15-16H2,1-4H3,(H,27,30);3-5H,1-2H3,(H,10,11);1H4. The lowest BCUT2D eigenvalue weighted by Gasteiger charge is -2.27. The Bertz CT molecular complexity index is 3650. The molecule has 0 bridgehead atoms. The van der Waals surface area contributed by atoms with Gasteiger partial charge in [-0.1, -0.05) is 103 Å². The number of pyridine rings is 2. The summed E-state index contributed by atoms with van der Waals surface area (Å²) in [5.74, 6) is -3.09. The largest absolute Gasteiger partial charge is 0.478 e. The average molecular weight is 1170 g/mol. The minimum atomic E-state index is -0.859. The van der Waals surface area contributed by atoms with Crippen molar-refractivity contribution in [1.82, 2.24) is 19.8 Å². The number of anilines is 2. The van der Waals surface area contributed by atoms with Gasteiger partial charge in [0.2, 0.25) is 11.8 Å². The molecule has 86 heavy (non-hydrogen) atoms. The number of nitrogens with one attached hydrogen (secondary N) is 2. The molecule has 0 aliphatic heterocycles. The van der Waals surface area contributed by atoms with Crippen LogP contribution in [0.2, 0.25) is 0 Å². The first kappa shape index (κ1) is 67.3. The molecule has 2 heterocycles. The van der Waals surface area contributed by atoms with Gasteiger partial charge in [0.15, 0.2) is 0 Å². The summed E-state index contributed by atoms with van der Waals surface area (Å²) in [7, 11) is 3.22. The number of aromatic nitrogens is 2. The Labute approximate surface area is 504 Å². The topological polar surface area (TPSA) is 227 Å². The van der Waals surface area contributed by atoms with Gasteiger partial charge in [-0.15, -0.1) is 0 Å². The number of rotatable bonds is 15. The highest BCUT2D eigenvalue weighted by atomic mass is 16.6. The second kappa shape index (κ2) is 30.4. The Morgan fingerprint density at radius 2 is 0.930 bits per heavy atom. The van der Waals surface area contributed by atoms with Crippen molar-refractivity contribution in [3.8, 4) is 0 Å². The summed E-state index contributed by atoms with van der Waals surface area (Å²) < 4.78 is 16.5. The maximum absolute atomic E-state index is 13.6. The van der Waals surface area contributed by atoms with Gasteiger partial charge in [-0.05, 0) is 162 Å². The highest BCUT2D eigenvalue weighted by Gasteiger charge is 2.29. The van der Waals surface area contributed by atoms with E-state index in [-0.39, 0.29) is 51.5 Å². The van der Waals surface area contributed by atoms with Gasteiger partial charge < -0.3 is 44.9 Å². The molecule has 0 saturated heterocycles. The van der Waals surface area contributed by atoms with Crippen LogP contribution in [0.15, 0.2) is 158 Å². The van der Waals surface area contributed by atoms with Crippen molar-refractivity contribution in [2.24, 2.45) is 0 Å². The Kier molecular flexibility index (Phi) is 23.8. The van der Waals surface area contributed by atoms with Crippen molar-refractivity contribution in [2.45, 2.75) is 113 Å². The zero-order valence-electron chi connectivity index (χ0n) is 50.4. The lowest BCUT2D eigenvalue weighted by Crippen LogP contribution is -2.39. The molecular formula is C69H80N6O11. The number of likely N-dealkylation sites (N-methyl/N-ethyl adjacent to an activating group) is 2. The Balaban J connectivity index is 0.000000270. The first-order valence-electron chi connectivity index (χ1n) is 27.7. The fraction of sp³-hybridized carbons (Fsp3) is 0.304. The quantitative estimate of drug-likeness (QED) is 0.0554. The molecule has 0 saturated carbocycles. The number of hydrogen-bond acceptors (Lipinski definition) is 12. The van der Waals surface area contributed by atoms with E-state index in [1.54, 1.807) is 130 Å². The van der Waals surface area contributed by atoms with Crippen LogP contribution >= 0.6 is 0 Å². The highest BCUT2D eigenvalue weighted by molar-refractivity contribution is 5.99. The number of aliphatic hydroxyl groups is 1. The third-order valence-corrected chi connectivity index (χ3v) is 13.3. The zero-order chi connectivity index (χ0) is 62.2. The van der Waals surface area contributed by atoms with Crippen LogP contribution in [0.3, 0.4) is 0 Å². The molecule has 0 spiro atoms. The number of carboxylic acid groups (broad SMARTS) is 1. The molecule has 2 unspecified atom stereocenters. The van der Waals surface area contributed by atoms with Crippen LogP contribution in [0.5, 0.6) is 0 Å². The maximum atomic E-state index is 13.6. The number of aromatic carboxylic acids is 1. The Morgan fingerprint density at radius 1 is 0.523 bits per heavy atom. The first-order valence-corrected chi connectivity index (χ1v) is 27.7. The minimum absolute atomic E-state index is 0. The number of ether oxygens (including phenoxy) is 3. The molecule has 17 heteroatoms. The molecule has 8 aromatic rings. The molecule has 4 N–H and O–H groups in total. The van der Waals surface area contributed by atoms with E-state index >= 15 is 0 Å². The van der Waals surface area contributed by atoms with Crippen molar-refractivity contribution >= 4 is 68.9 Å².